The molecule has 3 aromatic rings. The second-order valence-corrected chi connectivity index (χ2v) is 8.05. The molecule has 2 aromatic carbocycles. The van der Waals surface area contributed by atoms with Gasteiger partial charge in [0.25, 0.3) is 5.91 Å². The summed E-state index contributed by atoms with van der Waals surface area (Å²) in [7, 11) is 3.91. The van der Waals surface area contributed by atoms with Gasteiger partial charge in [0.15, 0.2) is 5.43 Å². The lowest BCUT2D eigenvalue weighted by molar-refractivity contribution is 0.0716. The molecule has 0 saturated carbocycles. The van der Waals surface area contributed by atoms with Gasteiger partial charge >= 0.3 is 0 Å². The van der Waals surface area contributed by atoms with Crippen LogP contribution < -0.4 is 5.43 Å². The topological polar surface area (TPSA) is 53.8 Å². The van der Waals surface area contributed by atoms with Gasteiger partial charge in [-0.05, 0) is 55.9 Å². The molecule has 29 heavy (non-hydrogen) atoms. The van der Waals surface area contributed by atoms with E-state index in [0.29, 0.717) is 34.6 Å². The summed E-state index contributed by atoms with van der Waals surface area (Å²) >= 11 is 6.06. The fourth-order valence-electron chi connectivity index (χ4n) is 3.82. The molecule has 0 bridgehead atoms. The third-order valence-corrected chi connectivity index (χ3v) is 5.66. The van der Waals surface area contributed by atoms with Crippen LogP contribution in [0.1, 0.15) is 40.2 Å². The first kappa shape index (κ1) is 19.7. The number of fused-ring (bicyclic) bond motifs is 2. The summed E-state index contributed by atoms with van der Waals surface area (Å²) in [6.07, 6.45) is 0.820. The smallest absolute Gasteiger partial charge is 0.290 e. The molecule has 0 N–H and O–H groups in total. The quantitative estimate of drug-likeness (QED) is 0.635. The van der Waals surface area contributed by atoms with Gasteiger partial charge in [0.2, 0.25) is 5.76 Å². The maximum atomic E-state index is 13.5. The number of likely N-dealkylation sites (N-methyl/N-ethyl adjacent to an activating group) is 1. The Hall–Kier alpha value is -2.63. The monoisotopic (exact) mass is 410 g/mol. The Kier molecular flexibility index (Phi) is 5.19. The van der Waals surface area contributed by atoms with Gasteiger partial charge in [-0.25, -0.2) is 0 Å². The van der Waals surface area contributed by atoms with E-state index in [4.69, 9.17) is 16.0 Å². The van der Waals surface area contributed by atoms with Crippen LogP contribution in [0.15, 0.2) is 51.7 Å². The zero-order valence-corrected chi connectivity index (χ0v) is 17.5. The molecule has 1 unspecified atom stereocenters. The maximum Gasteiger partial charge on any atom is 0.290 e. The molecule has 150 valence electrons. The molecule has 1 aromatic heterocycles. The number of aryl methyl sites for hydroxylation is 1. The molecule has 0 aliphatic carbocycles. The number of hydrogen-bond donors (Lipinski definition) is 0. The molecule has 0 fully saturated rings. The number of halogens is 1. The number of hydrogen-bond acceptors (Lipinski definition) is 4. The molecular weight excluding hydrogens is 388 g/mol. The van der Waals surface area contributed by atoms with Crippen molar-refractivity contribution in [3.63, 3.8) is 0 Å². The number of amides is 1. The summed E-state index contributed by atoms with van der Waals surface area (Å²) in [5.41, 5.74) is 2.62. The summed E-state index contributed by atoms with van der Waals surface area (Å²) < 4.78 is 5.98. The highest BCUT2D eigenvalue weighted by atomic mass is 35.5. The van der Waals surface area contributed by atoms with Gasteiger partial charge in [-0.2, -0.15) is 0 Å². The van der Waals surface area contributed by atoms with E-state index in [1.807, 2.05) is 50.2 Å². The normalized spacial score (nSPS) is 16.1. The first-order chi connectivity index (χ1) is 13.9. The van der Waals surface area contributed by atoms with E-state index in [9.17, 15) is 9.59 Å². The minimum atomic E-state index is -0.486. The van der Waals surface area contributed by atoms with Crippen molar-refractivity contribution in [2.75, 3.05) is 27.2 Å². The average Bonchev–Trinajstić information content (AvgIpc) is 2.99. The Bertz CT molecular complexity index is 1140. The van der Waals surface area contributed by atoms with Crippen molar-refractivity contribution in [3.8, 4) is 0 Å². The molecule has 1 aliphatic heterocycles. The summed E-state index contributed by atoms with van der Waals surface area (Å²) in [5.74, 6) is -0.106. The van der Waals surface area contributed by atoms with Crippen molar-refractivity contribution >= 4 is 28.5 Å². The highest BCUT2D eigenvalue weighted by Crippen LogP contribution is 2.38. The number of carbonyl (C=O) groups excluding carboxylic acids is 1. The van der Waals surface area contributed by atoms with Gasteiger partial charge in [0.1, 0.15) is 5.58 Å². The van der Waals surface area contributed by atoms with Crippen LogP contribution in [0.4, 0.5) is 0 Å². The molecule has 1 atom stereocenters. The molecule has 0 saturated heterocycles. The Morgan fingerprint density at radius 1 is 1.10 bits per heavy atom. The third kappa shape index (κ3) is 3.45. The van der Waals surface area contributed by atoms with Crippen molar-refractivity contribution < 1.29 is 9.21 Å². The van der Waals surface area contributed by atoms with Crippen molar-refractivity contribution in [2.45, 2.75) is 19.4 Å². The van der Waals surface area contributed by atoms with Crippen molar-refractivity contribution in [1.82, 2.24) is 9.80 Å². The third-order valence-electron chi connectivity index (χ3n) is 5.41. The molecule has 0 radical (unpaired) electrons. The molecular formula is C23H23ClN2O3. The lowest BCUT2D eigenvalue weighted by atomic mass is 9.98. The van der Waals surface area contributed by atoms with Gasteiger partial charge in [0.05, 0.1) is 17.0 Å². The second kappa shape index (κ2) is 7.65. The van der Waals surface area contributed by atoms with Crippen LogP contribution in [0, 0.1) is 0 Å². The van der Waals surface area contributed by atoms with Crippen LogP contribution >= 0.6 is 11.6 Å². The summed E-state index contributed by atoms with van der Waals surface area (Å²) in [4.78, 5) is 30.4. The largest absolute Gasteiger partial charge is 0.450 e. The Labute approximate surface area is 174 Å². The average molecular weight is 411 g/mol. The predicted molar refractivity (Wildman–Crippen MR) is 115 cm³/mol. The van der Waals surface area contributed by atoms with Crippen molar-refractivity contribution in [3.05, 3.63) is 80.2 Å². The molecule has 1 amide bonds. The minimum absolute atomic E-state index is 0.141. The lowest BCUT2D eigenvalue weighted by Crippen LogP contribution is -2.35. The van der Waals surface area contributed by atoms with Gasteiger partial charge in [-0.3, -0.25) is 9.59 Å². The number of nitrogens with zero attached hydrogens (tertiary/aromatic N) is 2. The molecule has 0 spiro atoms. The summed E-state index contributed by atoms with van der Waals surface area (Å²) in [6, 6.07) is 12.4. The van der Waals surface area contributed by atoms with Crippen molar-refractivity contribution in [2.24, 2.45) is 0 Å². The Morgan fingerprint density at radius 2 is 1.83 bits per heavy atom. The fourth-order valence-corrected chi connectivity index (χ4v) is 3.94. The van der Waals surface area contributed by atoms with E-state index < -0.39 is 6.04 Å². The molecule has 2 heterocycles. The van der Waals surface area contributed by atoms with Crippen LogP contribution in [-0.2, 0) is 6.42 Å². The van der Waals surface area contributed by atoms with Crippen LogP contribution in [0.25, 0.3) is 11.0 Å². The number of carbonyl (C=O) groups is 1. The first-order valence-electron chi connectivity index (χ1n) is 9.71. The van der Waals surface area contributed by atoms with Gasteiger partial charge < -0.3 is 14.2 Å². The lowest BCUT2D eigenvalue weighted by Gasteiger charge is -2.26. The zero-order valence-electron chi connectivity index (χ0n) is 16.7. The van der Waals surface area contributed by atoms with E-state index >= 15 is 0 Å². The Balaban J connectivity index is 1.93. The van der Waals surface area contributed by atoms with Crippen LogP contribution in [0.3, 0.4) is 0 Å². The zero-order chi connectivity index (χ0) is 20.7. The second-order valence-electron chi connectivity index (χ2n) is 7.61. The van der Waals surface area contributed by atoms with Gasteiger partial charge in [0, 0.05) is 18.1 Å². The van der Waals surface area contributed by atoms with E-state index in [0.717, 1.165) is 17.5 Å². The number of rotatable bonds is 5. The molecule has 4 rings (SSSR count). The van der Waals surface area contributed by atoms with E-state index in [1.54, 1.807) is 23.1 Å². The highest BCUT2D eigenvalue weighted by molar-refractivity contribution is 6.30. The van der Waals surface area contributed by atoms with Gasteiger partial charge in [-0.15, -0.1) is 0 Å². The minimum Gasteiger partial charge on any atom is -0.450 e. The standard InChI is InChI=1S/C23H23ClN2O3/c1-4-14-5-10-18-17(13-14)21(27)19-20(15-6-8-16(24)9-7-15)26(12-11-25(2)3)23(28)22(19)29-18/h5-10,13,20H,4,11-12H2,1-3H3. The van der Waals surface area contributed by atoms with Crippen LogP contribution in [0.5, 0.6) is 0 Å². The van der Waals surface area contributed by atoms with E-state index in [-0.39, 0.29) is 17.1 Å². The highest BCUT2D eigenvalue weighted by Gasteiger charge is 2.42. The predicted octanol–water partition coefficient (Wildman–Crippen LogP) is 4.12. The summed E-state index contributed by atoms with van der Waals surface area (Å²) in [5, 5.41) is 1.13. The van der Waals surface area contributed by atoms with E-state index in [1.165, 1.54) is 0 Å². The van der Waals surface area contributed by atoms with Gasteiger partial charge in [-0.1, -0.05) is 36.7 Å². The van der Waals surface area contributed by atoms with Crippen LogP contribution in [0.2, 0.25) is 5.02 Å². The molecule has 6 heteroatoms. The van der Waals surface area contributed by atoms with Crippen molar-refractivity contribution in [1.29, 1.82) is 0 Å². The SMILES string of the molecule is CCc1ccc2oc3c(c(=O)c2c1)C(c1ccc(Cl)cc1)N(CCN(C)C)C3=O. The first-order valence-corrected chi connectivity index (χ1v) is 10.1. The van der Waals surface area contributed by atoms with E-state index in [2.05, 4.69) is 0 Å². The van der Waals surface area contributed by atoms with Crippen LogP contribution in [-0.4, -0.2) is 42.9 Å². The fraction of sp³-hybridized carbons (Fsp3) is 0.304. The Morgan fingerprint density at radius 3 is 2.48 bits per heavy atom. The molecule has 1 aliphatic rings. The molecule has 5 nitrogen and oxygen atoms in total. The summed E-state index contributed by atoms with van der Waals surface area (Å²) in [6.45, 7) is 3.20. The number of benzene rings is 2. The maximum absolute atomic E-state index is 13.5.